The Morgan fingerprint density at radius 2 is 2.11 bits per heavy atom. The maximum atomic E-state index is 11.7. The first kappa shape index (κ1) is 12.8. The molecule has 2 heterocycles. The zero-order valence-electron chi connectivity index (χ0n) is 11.2. The molecule has 5 heteroatoms. The van der Waals surface area contributed by atoms with Gasteiger partial charge in [-0.2, -0.15) is 0 Å². The fraction of sp³-hybridized carbons (Fsp3) is 0.615. The number of hydrogen-bond acceptors (Lipinski definition) is 3. The number of imidazole rings is 1. The lowest BCUT2D eigenvalue weighted by atomic mass is 10.00. The molecule has 0 bridgehead atoms. The van der Waals surface area contributed by atoms with Crippen molar-refractivity contribution in [1.82, 2.24) is 19.5 Å². The summed E-state index contributed by atoms with van der Waals surface area (Å²) >= 11 is 0. The average molecular weight is 248 g/mol. The highest BCUT2D eigenvalue weighted by molar-refractivity contribution is 5.69. The van der Waals surface area contributed by atoms with Crippen molar-refractivity contribution in [3.8, 4) is 0 Å². The molecule has 0 amide bonds. The molecular weight excluding hydrogens is 228 g/mol. The molecule has 0 saturated heterocycles. The number of nitrogens with one attached hydrogen (secondary N) is 1. The third-order valence-electron chi connectivity index (χ3n) is 3.53. The third-order valence-corrected chi connectivity index (χ3v) is 3.53. The Kier molecular flexibility index (Phi) is 3.79. The maximum Gasteiger partial charge on any atom is 0.279 e. The van der Waals surface area contributed by atoms with Gasteiger partial charge >= 0.3 is 0 Å². The molecule has 0 saturated carbocycles. The predicted molar refractivity (Wildman–Crippen MR) is 71.6 cm³/mol. The predicted octanol–water partition coefficient (Wildman–Crippen LogP) is 2.25. The fourth-order valence-corrected chi connectivity index (χ4v) is 2.25. The molecule has 0 unspecified atom stereocenters. The van der Waals surface area contributed by atoms with E-state index >= 15 is 0 Å². The van der Waals surface area contributed by atoms with Crippen LogP contribution in [0.25, 0.3) is 11.2 Å². The molecule has 18 heavy (non-hydrogen) atoms. The summed E-state index contributed by atoms with van der Waals surface area (Å²) in [5, 5.41) is 0. The molecule has 0 aliphatic heterocycles. The molecule has 2 aromatic heterocycles. The Bertz CT molecular complexity index is 580. The molecule has 0 aromatic carbocycles. The van der Waals surface area contributed by atoms with Crippen LogP contribution in [0.4, 0.5) is 0 Å². The summed E-state index contributed by atoms with van der Waals surface area (Å²) < 4.78 is 1.98. The molecule has 0 aliphatic rings. The number of H-pyrrole nitrogens is 1. The van der Waals surface area contributed by atoms with E-state index in [4.69, 9.17) is 0 Å². The van der Waals surface area contributed by atoms with E-state index in [1.54, 1.807) is 13.3 Å². The summed E-state index contributed by atoms with van der Waals surface area (Å²) in [5.74, 6) is 1.36. The van der Waals surface area contributed by atoms with E-state index in [1.807, 2.05) is 4.57 Å². The van der Waals surface area contributed by atoms with Crippen LogP contribution in [-0.2, 0) is 6.54 Å². The molecule has 0 radical (unpaired) electrons. The lowest BCUT2D eigenvalue weighted by Gasteiger charge is -2.12. The number of aromatic amines is 1. The van der Waals surface area contributed by atoms with Crippen LogP contribution in [0.15, 0.2) is 11.1 Å². The van der Waals surface area contributed by atoms with Gasteiger partial charge in [-0.15, -0.1) is 0 Å². The van der Waals surface area contributed by atoms with Crippen molar-refractivity contribution < 1.29 is 0 Å². The zero-order chi connectivity index (χ0) is 13.1. The van der Waals surface area contributed by atoms with E-state index in [1.165, 1.54) is 12.8 Å². The van der Waals surface area contributed by atoms with Gasteiger partial charge in [0.05, 0.1) is 6.33 Å². The fourth-order valence-electron chi connectivity index (χ4n) is 2.25. The lowest BCUT2D eigenvalue weighted by molar-refractivity contribution is 0.424. The van der Waals surface area contributed by atoms with Crippen molar-refractivity contribution >= 4 is 11.2 Å². The molecule has 0 spiro atoms. The second kappa shape index (κ2) is 5.33. The van der Waals surface area contributed by atoms with Crippen molar-refractivity contribution in [3.05, 3.63) is 22.5 Å². The second-order valence-corrected chi connectivity index (χ2v) is 4.73. The number of nitrogens with zero attached hydrogens (tertiary/aromatic N) is 3. The van der Waals surface area contributed by atoms with Gasteiger partial charge in [0, 0.05) is 6.54 Å². The lowest BCUT2D eigenvalue weighted by Crippen LogP contribution is -2.11. The van der Waals surface area contributed by atoms with E-state index in [0.29, 0.717) is 17.0 Å². The molecule has 2 aromatic rings. The topological polar surface area (TPSA) is 63.6 Å². The first-order valence-electron chi connectivity index (χ1n) is 6.57. The Morgan fingerprint density at radius 1 is 1.39 bits per heavy atom. The summed E-state index contributed by atoms with van der Waals surface area (Å²) in [4.78, 5) is 22.9. The summed E-state index contributed by atoms with van der Waals surface area (Å²) in [5.41, 5.74) is 0.978. The zero-order valence-corrected chi connectivity index (χ0v) is 11.2. The number of aryl methyl sites for hydroxylation is 2. The van der Waals surface area contributed by atoms with E-state index in [2.05, 4.69) is 28.8 Å². The highest BCUT2D eigenvalue weighted by atomic mass is 16.1. The first-order chi connectivity index (χ1) is 8.65. The highest BCUT2D eigenvalue weighted by Gasteiger charge is 2.10. The normalized spacial score (nSPS) is 11.6. The molecule has 5 nitrogen and oxygen atoms in total. The van der Waals surface area contributed by atoms with Crippen LogP contribution in [0.3, 0.4) is 0 Å². The van der Waals surface area contributed by atoms with Gasteiger partial charge in [-0.3, -0.25) is 4.79 Å². The Balaban J connectivity index is 2.27. The summed E-state index contributed by atoms with van der Waals surface area (Å²) in [7, 11) is 0. The van der Waals surface area contributed by atoms with Gasteiger partial charge in [-0.1, -0.05) is 26.7 Å². The quantitative estimate of drug-likeness (QED) is 0.882. The summed E-state index contributed by atoms with van der Waals surface area (Å²) in [6.45, 7) is 7.10. The molecule has 2 rings (SSSR count). The molecular formula is C13H20N4O. The first-order valence-corrected chi connectivity index (χ1v) is 6.57. The number of aromatic nitrogens is 4. The van der Waals surface area contributed by atoms with Crippen molar-refractivity contribution in [3.63, 3.8) is 0 Å². The number of fused-ring (bicyclic) bond motifs is 1. The average Bonchev–Trinajstić information content (AvgIpc) is 2.74. The van der Waals surface area contributed by atoms with Crippen LogP contribution in [0.2, 0.25) is 0 Å². The van der Waals surface area contributed by atoms with Gasteiger partial charge in [0.2, 0.25) is 0 Å². The van der Waals surface area contributed by atoms with Crippen LogP contribution in [-0.4, -0.2) is 19.5 Å². The van der Waals surface area contributed by atoms with E-state index < -0.39 is 0 Å². The van der Waals surface area contributed by atoms with Crippen molar-refractivity contribution in [1.29, 1.82) is 0 Å². The van der Waals surface area contributed by atoms with Gasteiger partial charge < -0.3 is 9.55 Å². The van der Waals surface area contributed by atoms with Crippen LogP contribution >= 0.6 is 0 Å². The van der Waals surface area contributed by atoms with E-state index in [9.17, 15) is 4.79 Å². The van der Waals surface area contributed by atoms with Crippen LogP contribution in [0.1, 0.15) is 38.9 Å². The SMILES string of the molecule is CCC(CC)CCn1cnc2c(=O)[nH]c(C)nc21. The minimum Gasteiger partial charge on any atom is -0.315 e. The maximum absolute atomic E-state index is 11.7. The standard InChI is InChI=1S/C13H20N4O/c1-4-10(5-2)6-7-17-8-14-11-12(17)15-9(3)16-13(11)18/h8,10H,4-7H2,1-3H3,(H,15,16,18). The van der Waals surface area contributed by atoms with Crippen LogP contribution < -0.4 is 5.56 Å². The molecule has 1 N–H and O–H groups in total. The van der Waals surface area contributed by atoms with Crippen LogP contribution in [0.5, 0.6) is 0 Å². The van der Waals surface area contributed by atoms with E-state index in [0.717, 1.165) is 18.9 Å². The van der Waals surface area contributed by atoms with Gasteiger partial charge in [0.25, 0.3) is 5.56 Å². The molecule has 0 atom stereocenters. The van der Waals surface area contributed by atoms with Gasteiger partial charge in [0.1, 0.15) is 5.82 Å². The smallest absolute Gasteiger partial charge is 0.279 e. The number of hydrogen-bond donors (Lipinski definition) is 1. The second-order valence-electron chi connectivity index (χ2n) is 4.73. The summed E-state index contributed by atoms with van der Waals surface area (Å²) in [6.07, 6.45) is 5.20. The summed E-state index contributed by atoms with van der Waals surface area (Å²) in [6, 6.07) is 0. The van der Waals surface area contributed by atoms with E-state index in [-0.39, 0.29) is 5.56 Å². The van der Waals surface area contributed by atoms with Gasteiger partial charge in [-0.25, -0.2) is 9.97 Å². The Morgan fingerprint density at radius 3 is 2.78 bits per heavy atom. The van der Waals surface area contributed by atoms with Gasteiger partial charge in [0.15, 0.2) is 11.2 Å². The monoisotopic (exact) mass is 248 g/mol. The van der Waals surface area contributed by atoms with Gasteiger partial charge in [-0.05, 0) is 19.3 Å². The Labute approximate surface area is 106 Å². The largest absolute Gasteiger partial charge is 0.315 e. The van der Waals surface area contributed by atoms with Crippen LogP contribution in [0, 0.1) is 12.8 Å². The highest BCUT2D eigenvalue weighted by Crippen LogP contribution is 2.15. The minimum absolute atomic E-state index is 0.154. The third kappa shape index (κ3) is 2.44. The minimum atomic E-state index is -0.154. The molecule has 98 valence electrons. The molecule has 0 fully saturated rings. The Hall–Kier alpha value is -1.65. The van der Waals surface area contributed by atoms with Crippen molar-refractivity contribution in [2.24, 2.45) is 5.92 Å². The van der Waals surface area contributed by atoms with Crippen molar-refractivity contribution in [2.45, 2.75) is 46.6 Å². The molecule has 0 aliphatic carbocycles. The van der Waals surface area contributed by atoms with Crippen molar-refractivity contribution in [2.75, 3.05) is 0 Å². The number of rotatable bonds is 5.